The topological polar surface area (TPSA) is 131 Å². The highest BCUT2D eigenvalue weighted by molar-refractivity contribution is 5.94. The van der Waals surface area contributed by atoms with Crippen LogP contribution in [0.3, 0.4) is 0 Å². The zero-order valence-corrected chi connectivity index (χ0v) is 23.0. The van der Waals surface area contributed by atoms with E-state index < -0.39 is 17.7 Å². The van der Waals surface area contributed by atoms with E-state index in [2.05, 4.69) is 19.2 Å². The van der Waals surface area contributed by atoms with Crippen LogP contribution in [-0.2, 0) is 39.5 Å². The number of hydrogen-bond acceptors (Lipinski definition) is 7. The van der Waals surface area contributed by atoms with Gasteiger partial charge in [-0.2, -0.15) is 0 Å². The molecule has 3 aromatic rings. The number of cyclic esters (lactones) is 1. The van der Waals surface area contributed by atoms with Crippen LogP contribution in [0, 0.1) is 19.8 Å². The summed E-state index contributed by atoms with van der Waals surface area (Å²) in [6.07, 6.45) is 3.05. The molecule has 0 radical (unpaired) electrons. The van der Waals surface area contributed by atoms with Crippen molar-refractivity contribution in [3.63, 3.8) is 0 Å². The zero-order valence-electron chi connectivity index (χ0n) is 23.0. The molecular weight excluding hydrogens is 510 g/mol. The molecular formula is C31H33N3O6. The molecule has 1 amide bonds. The fraction of sp³-hybridized carbons (Fsp3) is 0.484. The van der Waals surface area contributed by atoms with Crippen LogP contribution in [0.1, 0.15) is 84.0 Å². The van der Waals surface area contributed by atoms with Gasteiger partial charge in [0.25, 0.3) is 5.56 Å². The second-order valence-corrected chi connectivity index (χ2v) is 11.9. The summed E-state index contributed by atoms with van der Waals surface area (Å²) >= 11 is 0. The Balaban J connectivity index is 1.42. The van der Waals surface area contributed by atoms with Crippen molar-refractivity contribution in [3.8, 4) is 11.4 Å². The summed E-state index contributed by atoms with van der Waals surface area (Å²) in [7, 11) is 0. The van der Waals surface area contributed by atoms with Gasteiger partial charge in [0.2, 0.25) is 5.91 Å². The molecule has 9 nitrogen and oxygen atoms in total. The lowest BCUT2D eigenvalue weighted by molar-refractivity contribution is -0.172. The summed E-state index contributed by atoms with van der Waals surface area (Å²) in [4.78, 5) is 44.5. The molecule has 2 aliphatic carbocycles. The number of ether oxygens (including phenoxy) is 1. The SMILES string of the molecule is CC[C@@]1(O)C(=O)OCc2c1cc1n(c2=O)Cc2c-1nc1cc(C)c(C)c3c1c2[C@@H](NC(=O)[C@@H](O)CC1CC1)CC3. The molecule has 0 saturated heterocycles. The molecule has 208 valence electrons. The minimum Gasteiger partial charge on any atom is -0.458 e. The Morgan fingerprint density at radius 2 is 1.98 bits per heavy atom. The van der Waals surface area contributed by atoms with Gasteiger partial charge in [0.15, 0.2) is 5.60 Å². The average molecular weight is 544 g/mol. The number of esters is 1. The molecule has 9 heteroatoms. The summed E-state index contributed by atoms with van der Waals surface area (Å²) in [6.45, 7) is 5.92. The van der Waals surface area contributed by atoms with Crippen molar-refractivity contribution in [2.24, 2.45) is 5.92 Å². The fourth-order valence-corrected chi connectivity index (χ4v) is 6.92. The Kier molecular flexibility index (Phi) is 5.54. The van der Waals surface area contributed by atoms with Crippen LogP contribution in [0.2, 0.25) is 0 Å². The van der Waals surface area contributed by atoms with Gasteiger partial charge in [-0.15, -0.1) is 0 Å². The van der Waals surface area contributed by atoms with E-state index in [4.69, 9.17) is 9.72 Å². The van der Waals surface area contributed by atoms with Crippen LogP contribution in [0.25, 0.3) is 22.3 Å². The first-order valence-electron chi connectivity index (χ1n) is 14.2. The molecule has 3 atom stereocenters. The zero-order chi connectivity index (χ0) is 28.1. The van der Waals surface area contributed by atoms with E-state index in [0.717, 1.165) is 46.9 Å². The molecule has 1 saturated carbocycles. The average Bonchev–Trinajstić information content (AvgIpc) is 3.68. The van der Waals surface area contributed by atoms with Gasteiger partial charge in [-0.3, -0.25) is 9.59 Å². The van der Waals surface area contributed by atoms with Gasteiger partial charge in [0.1, 0.15) is 12.7 Å². The number of aliphatic hydroxyl groups is 2. The van der Waals surface area contributed by atoms with Crippen LogP contribution >= 0.6 is 0 Å². The van der Waals surface area contributed by atoms with Gasteiger partial charge in [-0.05, 0) is 79.8 Å². The number of nitrogens with zero attached hydrogens (tertiary/aromatic N) is 2. The summed E-state index contributed by atoms with van der Waals surface area (Å²) in [6, 6.07) is 3.42. The van der Waals surface area contributed by atoms with Crippen molar-refractivity contribution in [1.82, 2.24) is 14.9 Å². The van der Waals surface area contributed by atoms with Crippen LogP contribution in [0.5, 0.6) is 0 Å². The van der Waals surface area contributed by atoms with Crippen molar-refractivity contribution in [2.45, 2.75) is 90.2 Å². The van der Waals surface area contributed by atoms with E-state index in [1.807, 2.05) is 6.07 Å². The molecule has 0 spiro atoms. The minimum atomic E-state index is -1.90. The molecule has 3 N–H and O–H groups in total. The Bertz CT molecular complexity index is 1700. The molecule has 1 fully saturated rings. The van der Waals surface area contributed by atoms with Crippen molar-refractivity contribution in [1.29, 1.82) is 0 Å². The van der Waals surface area contributed by atoms with Gasteiger partial charge in [0.05, 0.1) is 35.1 Å². The highest BCUT2D eigenvalue weighted by atomic mass is 16.6. The van der Waals surface area contributed by atoms with Gasteiger partial charge in [0, 0.05) is 16.5 Å². The molecule has 4 aliphatic rings. The Labute approximate surface area is 231 Å². The molecule has 7 rings (SSSR count). The molecule has 2 aliphatic heterocycles. The maximum atomic E-state index is 13.8. The van der Waals surface area contributed by atoms with E-state index in [-0.39, 0.29) is 48.2 Å². The van der Waals surface area contributed by atoms with Gasteiger partial charge in [-0.25, -0.2) is 9.78 Å². The van der Waals surface area contributed by atoms with E-state index >= 15 is 0 Å². The number of amides is 1. The van der Waals surface area contributed by atoms with Crippen molar-refractivity contribution in [3.05, 3.63) is 61.4 Å². The Hall–Kier alpha value is -3.56. The maximum absolute atomic E-state index is 13.8. The second kappa shape index (κ2) is 8.72. The predicted molar refractivity (Wildman–Crippen MR) is 147 cm³/mol. The lowest BCUT2D eigenvalue weighted by atomic mass is 9.80. The van der Waals surface area contributed by atoms with Crippen LogP contribution < -0.4 is 10.9 Å². The van der Waals surface area contributed by atoms with Crippen molar-refractivity contribution < 1.29 is 24.5 Å². The number of rotatable bonds is 5. The quantitative estimate of drug-likeness (QED) is 0.330. The number of aryl methyl sites for hydroxylation is 2. The molecule has 4 heterocycles. The highest BCUT2D eigenvalue weighted by Gasteiger charge is 2.46. The third-order valence-corrected chi connectivity index (χ3v) is 9.57. The largest absolute Gasteiger partial charge is 0.458 e. The maximum Gasteiger partial charge on any atom is 0.343 e. The first kappa shape index (κ1) is 25.4. The predicted octanol–water partition coefficient (Wildman–Crippen LogP) is 2.96. The van der Waals surface area contributed by atoms with E-state index in [0.29, 0.717) is 30.1 Å². The minimum absolute atomic E-state index is 0.0735. The lowest BCUT2D eigenvalue weighted by Gasteiger charge is -2.31. The molecule has 1 aromatic carbocycles. The van der Waals surface area contributed by atoms with Crippen LogP contribution in [0.4, 0.5) is 0 Å². The molecule has 0 unspecified atom stereocenters. The van der Waals surface area contributed by atoms with Crippen molar-refractivity contribution in [2.75, 3.05) is 0 Å². The third-order valence-electron chi connectivity index (χ3n) is 9.57. The lowest BCUT2D eigenvalue weighted by Crippen LogP contribution is -2.44. The second-order valence-electron chi connectivity index (χ2n) is 11.9. The third kappa shape index (κ3) is 3.53. The van der Waals surface area contributed by atoms with Crippen LogP contribution in [0.15, 0.2) is 16.9 Å². The summed E-state index contributed by atoms with van der Waals surface area (Å²) in [5, 5.41) is 26.0. The van der Waals surface area contributed by atoms with Gasteiger partial charge >= 0.3 is 5.97 Å². The Morgan fingerprint density at radius 3 is 2.70 bits per heavy atom. The number of pyridine rings is 2. The van der Waals surface area contributed by atoms with Gasteiger partial charge < -0.3 is 24.8 Å². The van der Waals surface area contributed by atoms with Crippen molar-refractivity contribution >= 4 is 22.8 Å². The molecule has 40 heavy (non-hydrogen) atoms. The van der Waals surface area contributed by atoms with Crippen LogP contribution in [-0.4, -0.2) is 37.7 Å². The Morgan fingerprint density at radius 1 is 1.20 bits per heavy atom. The van der Waals surface area contributed by atoms with E-state index in [1.54, 1.807) is 17.6 Å². The number of fused-ring (bicyclic) bond motifs is 5. The summed E-state index contributed by atoms with van der Waals surface area (Å²) < 4.78 is 6.85. The number of hydrogen-bond donors (Lipinski definition) is 3. The first-order chi connectivity index (χ1) is 19.1. The molecule has 0 bridgehead atoms. The summed E-state index contributed by atoms with van der Waals surface area (Å²) in [5.41, 5.74) is 5.60. The number of carbonyl (C=O) groups excluding carboxylic acids is 2. The highest BCUT2D eigenvalue weighted by Crippen LogP contribution is 2.46. The number of nitrogens with one attached hydrogen (secondary N) is 1. The van der Waals surface area contributed by atoms with Gasteiger partial charge in [-0.1, -0.05) is 19.8 Å². The number of carbonyl (C=O) groups is 2. The van der Waals surface area contributed by atoms with E-state index in [1.165, 1.54) is 11.1 Å². The normalized spacial score (nSPS) is 23.3. The molecule has 2 aromatic heterocycles. The first-order valence-corrected chi connectivity index (χ1v) is 14.2. The number of aromatic nitrogens is 2. The monoisotopic (exact) mass is 543 g/mol. The smallest absolute Gasteiger partial charge is 0.343 e. The number of benzene rings is 1. The standard InChI is InChI=1S/C31H33N3O6/c1-4-31(39)20-11-23-27-18(12-34(23)29(37)19(20)13-40-30(31)38)26-21(33-28(36)24(35)10-16-5-6-16)8-7-17-15(3)14(2)9-22(32-27)25(17)26/h9,11,16,21,24,35,39H,4-8,10,12-13H2,1-3H3,(H,33,36)/t21-,24-,31-/m0/s1. The number of aliphatic hydroxyl groups excluding tert-OH is 1. The fourth-order valence-electron chi connectivity index (χ4n) is 6.92. The summed E-state index contributed by atoms with van der Waals surface area (Å²) in [5.74, 6) is -0.704. The van der Waals surface area contributed by atoms with E-state index in [9.17, 15) is 24.6 Å².